The van der Waals surface area contributed by atoms with Crippen molar-refractivity contribution >= 4 is 17.7 Å². The molecule has 21 heavy (non-hydrogen) atoms. The molecule has 0 radical (unpaired) electrons. The van der Waals surface area contributed by atoms with Crippen molar-refractivity contribution in [1.29, 1.82) is 0 Å². The van der Waals surface area contributed by atoms with Crippen molar-refractivity contribution in [2.24, 2.45) is 0 Å². The smallest absolute Gasteiger partial charge is 0.306 e. The largest absolute Gasteiger partial charge is 0.461 e. The van der Waals surface area contributed by atoms with Crippen molar-refractivity contribution in [3.63, 3.8) is 0 Å². The van der Waals surface area contributed by atoms with Gasteiger partial charge in [0.1, 0.15) is 6.61 Å². The van der Waals surface area contributed by atoms with Gasteiger partial charge in [-0.2, -0.15) is 11.8 Å². The summed E-state index contributed by atoms with van der Waals surface area (Å²) in [7, 11) is 0. The number of hydrogen-bond acceptors (Lipinski definition) is 4. The summed E-state index contributed by atoms with van der Waals surface area (Å²) in [6.07, 6.45) is 11.3. The van der Waals surface area contributed by atoms with Gasteiger partial charge in [0.05, 0.1) is 0 Å². The van der Waals surface area contributed by atoms with Crippen LogP contribution in [0.3, 0.4) is 0 Å². The van der Waals surface area contributed by atoms with E-state index in [1.807, 2.05) is 23.9 Å². The number of unbranched alkanes of at least 4 members (excludes halogenated alkanes) is 4. The summed E-state index contributed by atoms with van der Waals surface area (Å²) in [6, 6.07) is 3.76. The maximum Gasteiger partial charge on any atom is 0.306 e. The lowest BCUT2D eigenvalue weighted by Gasteiger charge is -2.05. The predicted octanol–water partition coefficient (Wildman–Crippen LogP) is 4.61. The summed E-state index contributed by atoms with van der Waals surface area (Å²) in [5.74, 6) is 2.31. The number of aromatic nitrogens is 1. The molecule has 0 atom stereocenters. The van der Waals surface area contributed by atoms with Crippen molar-refractivity contribution in [3.05, 3.63) is 30.1 Å². The highest BCUT2D eigenvalue weighted by molar-refractivity contribution is 7.99. The minimum atomic E-state index is -0.105. The SMILES string of the molecule is CCCCCCSCCCCC(=O)OCc1cccnc1. The number of nitrogens with zero attached hydrogens (tertiary/aromatic N) is 1. The molecular formula is C17H27NO2S. The molecule has 1 aromatic rings. The number of hydrogen-bond donors (Lipinski definition) is 0. The van der Waals surface area contributed by atoms with Crippen LogP contribution in [0.5, 0.6) is 0 Å². The molecular weight excluding hydrogens is 282 g/mol. The van der Waals surface area contributed by atoms with E-state index in [1.165, 1.54) is 31.4 Å². The quantitative estimate of drug-likeness (QED) is 0.417. The van der Waals surface area contributed by atoms with Gasteiger partial charge >= 0.3 is 5.97 Å². The van der Waals surface area contributed by atoms with Crippen molar-refractivity contribution in [1.82, 2.24) is 4.98 Å². The fourth-order valence-corrected chi connectivity index (χ4v) is 2.95. The monoisotopic (exact) mass is 309 g/mol. The van der Waals surface area contributed by atoms with Crippen LogP contribution in [0.1, 0.15) is 57.4 Å². The van der Waals surface area contributed by atoms with Gasteiger partial charge in [0.25, 0.3) is 0 Å². The highest BCUT2D eigenvalue weighted by Crippen LogP contribution is 2.11. The third-order valence-corrected chi connectivity index (χ3v) is 4.34. The van der Waals surface area contributed by atoms with Gasteiger partial charge < -0.3 is 4.74 Å². The van der Waals surface area contributed by atoms with E-state index in [1.54, 1.807) is 12.4 Å². The average Bonchev–Trinajstić information content (AvgIpc) is 2.52. The van der Waals surface area contributed by atoms with E-state index in [9.17, 15) is 4.79 Å². The Bertz CT molecular complexity index is 370. The fourth-order valence-electron chi connectivity index (χ4n) is 1.93. The molecule has 1 heterocycles. The molecule has 0 aliphatic heterocycles. The number of rotatable bonds is 12. The Morgan fingerprint density at radius 3 is 2.71 bits per heavy atom. The third kappa shape index (κ3) is 10.4. The number of ether oxygens (including phenoxy) is 1. The van der Waals surface area contributed by atoms with Crippen LogP contribution in [-0.2, 0) is 16.1 Å². The van der Waals surface area contributed by atoms with E-state index < -0.39 is 0 Å². The molecule has 1 aromatic heterocycles. The summed E-state index contributed by atoms with van der Waals surface area (Å²) in [5.41, 5.74) is 0.938. The number of thioether (sulfide) groups is 1. The van der Waals surface area contributed by atoms with Gasteiger partial charge in [-0.1, -0.05) is 32.3 Å². The molecule has 0 aromatic carbocycles. The van der Waals surface area contributed by atoms with Gasteiger partial charge in [-0.3, -0.25) is 9.78 Å². The molecule has 3 nitrogen and oxygen atoms in total. The minimum Gasteiger partial charge on any atom is -0.461 e. The van der Waals surface area contributed by atoms with Crippen LogP contribution >= 0.6 is 11.8 Å². The molecule has 0 N–H and O–H groups in total. The zero-order chi connectivity index (χ0) is 15.2. The lowest BCUT2D eigenvalue weighted by Crippen LogP contribution is -2.04. The second kappa shape index (κ2) is 12.7. The highest BCUT2D eigenvalue weighted by atomic mass is 32.2. The molecule has 0 unspecified atom stereocenters. The van der Waals surface area contributed by atoms with Crippen molar-refractivity contribution in [2.75, 3.05) is 11.5 Å². The highest BCUT2D eigenvalue weighted by Gasteiger charge is 2.03. The Labute approximate surface area is 132 Å². The number of pyridine rings is 1. The normalized spacial score (nSPS) is 10.5. The molecule has 4 heteroatoms. The number of carbonyl (C=O) groups excluding carboxylic acids is 1. The van der Waals surface area contributed by atoms with Gasteiger partial charge in [-0.15, -0.1) is 0 Å². The molecule has 1 rings (SSSR count). The number of carbonyl (C=O) groups is 1. The predicted molar refractivity (Wildman–Crippen MR) is 89.4 cm³/mol. The van der Waals surface area contributed by atoms with Crippen LogP contribution in [0.15, 0.2) is 24.5 Å². The standard InChI is InChI=1S/C17H27NO2S/c1-2-3-4-6-12-21-13-7-5-10-17(19)20-15-16-9-8-11-18-14-16/h8-9,11,14H,2-7,10,12-13,15H2,1H3. The Hall–Kier alpha value is -1.03. The van der Waals surface area contributed by atoms with E-state index in [0.29, 0.717) is 13.0 Å². The Morgan fingerprint density at radius 1 is 1.19 bits per heavy atom. The summed E-state index contributed by atoms with van der Waals surface area (Å²) in [4.78, 5) is 15.6. The molecule has 0 spiro atoms. The molecule has 0 bridgehead atoms. The molecule has 0 aliphatic rings. The van der Waals surface area contributed by atoms with Crippen LogP contribution in [0, 0.1) is 0 Å². The zero-order valence-electron chi connectivity index (χ0n) is 13.1. The summed E-state index contributed by atoms with van der Waals surface area (Å²) in [6.45, 7) is 2.57. The van der Waals surface area contributed by atoms with Gasteiger partial charge in [0, 0.05) is 24.4 Å². The minimum absolute atomic E-state index is 0.105. The van der Waals surface area contributed by atoms with Gasteiger partial charge in [-0.25, -0.2) is 0 Å². The molecule has 0 saturated heterocycles. The van der Waals surface area contributed by atoms with Gasteiger partial charge in [0.15, 0.2) is 0 Å². The molecule has 0 saturated carbocycles. The Balaban J connectivity index is 1.89. The second-order valence-corrected chi connectivity index (χ2v) is 6.38. The van der Waals surface area contributed by atoms with Crippen LogP contribution in [0.4, 0.5) is 0 Å². The maximum absolute atomic E-state index is 11.6. The maximum atomic E-state index is 11.6. The molecule has 0 amide bonds. The van der Waals surface area contributed by atoms with Crippen LogP contribution in [-0.4, -0.2) is 22.5 Å². The topological polar surface area (TPSA) is 39.2 Å². The average molecular weight is 309 g/mol. The fraction of sp³-hybridized carbons (Fsp3) is 0.647. The first kappa shape index (κ1) is 18.0. The first-order valence-corrected chi connectivity index (χ1v) is 9.10. The summed E-state index contributed by atoms with van der Waals surface area (Å²) in [5, 5.41) is 0. The van der Waals surface area contributed by atoms with Crippen molar-refractivity contribution < 1.29 is 9.53 Å². The van der Waals surface area contributed by atoms with Crippen molar-refractivity contribution in [2.45, 2.75) is 58.5 Å². The summed E-state index contributed by atoms with van der Waals surface area (Å²) < 4.78 is 5.21. The Kier molecular flexibility index (Phi) is 10.9. The van der Waals surface area contributed by atoms with E-state index >= 15 is 0 Å². The van der Waals surface area contributed by atoms with Crippen LogP contribution in [0.2, 0.25) is 0 Å². The van der Waals surface area contributed by atoms with E-state index in [2.05, 4.69) is 11.9 Å². The van der Waals surface area contributed by atoms with E-state index in [-0.39, 0.29) is 5.97 Å². The lowest BCUT2D eigenvalue weighted by atomic mass is 10.2. The molecule has 0 fully saturated rings. The molecule has 0 aliphatic carbocycles. The zero-order valence-corrected chi connectivity index (χ0v) is 13.9. The van der Waals surface area contributed by atoms with E-state index in [0.717, 1.165) is 24.2 Å². The first-order valence-electron chi connectivity index (χ1n) is 7.95. The van der Waals surface area contributed by atoms with Crippen molar-refractivity contribution in [3.8, 4) is 0 Å². The van der Waals surface area contributed by atoms with Crippen LogP contribution < -0.4 is 0 Å². The first-order chi connectivity index (χ1) is 10.3. The van der Waals surface area contributed by atoms with E-state index in [4.69, 9.17) is 4.74 Å². The number of esters is 1. The lowest BCUT2D eigenvalue weighted by molar-refractivity contribution is -0.145. The summed E-state index contributed by atoms with van der Waals surface area (Å²) >= 11 is 2.01. The van der Waals surface area contributed by atoms with Gasteiger partial charge in [0.2, 0.25) is 0 Å². The van der Waals surface area contributed by atoms with Gasteiger partial charge in [-0.05, 0) is 36.8 Å². The molecule has 118 valence electrons. The van der Waals surface area contributed by atoms with Crippen LogP contribution in [0.25, 0.3) is 0 Å². The second-order valence-electron chi connectivity index (χ2n) is 5.15. The third-order valence-electron chi connectivity index (χ3n) is 3.18. The Morgan fingerprint density at radius 2 is 2.00 bits per heavy atom.